The number of carbonyl (C=O) groups is 1. The maximum Gasteiger partial charge on any atom is 0.407 e. The molecule has 0 spiro atoms. The lowest BCUT2D eigenvalue weighted by atomic mass is 10.2. The molecule has 1 aromatic carbocycles. The first-order valence-electron chi connectivity index (χ1n) is 7.75. The van der Waals surface area contributed by atoms with Crippen LogP contribution in [0.3, 0.4) is 0 Å². The van der Waals surface area contributed by atoms with E-state index in [2.05, 4.69) is 5.32 Å². The molecule has 1 heterocycles. The molecule has 24 heavy (non-hydrogen) atoms. The van der Waals surface area contributed by atoms with Crippen molar-refractivity contribution in [3.8, 4) is 11.3 Å². The van der Waals surface area contributed by atoms with Crippen molar-refractivity contribution in [1.82, 2.24) is 5.32 Å². The normalized spacial score (nSPS) is 12.7. The molecule has 0 radical (unpaired) electrons. The van der Waals surface area contributed by atoms with Crippen molar-refractivity contribution in [2.24, 2.45) is 0 Å². The van der Waals surface area contributed by atoms with E-state index in [-0.39, 0.29) is 6.54 Å². The van der Waals surface area contributed by atoms with E-state index >= 15 is 0 Å². The van der Waals surface area contributed by atoms with Crippen LogP contribution in [0.5, 0.6) is 0 Å². The summed E-state index contributed by atoms with van der Waals surface area (Å²) in [4.78, 5) is 11.5. The van der Waals surface area contributed by atoms with Crippen molar-refractivity contribution in [3.05, 3.63) is 47.2 Å². The molecule has 0 fully saturated rings. The maximum absolute atomic E-state index is 11.5. The van der Waals surface area contributed by atoms with E-state index in [1.54, 1.807) is 45.0 Å². The van der Waals surface area contributed by atoms with Crippen LogP contribution < -0.4 is 5.32 Å². The number of halogens is 1. The number of aliphatic hydroxyl groups excluding tert-OH is 1. The predicted molar refractivity (Wildman–Crippen MR) is 93.0 cm³/mol. The van der Waals surface area contributed by atoms with Crippen molar-refractivity contribution in [1.29, 1.82) is 0 Å². The monoisotopic (exact) mass is 351 g/mol. The summed E-state index contributed by atoms with van der Waals surface area (Å²) < 4.78 is 10.8. The van der Waals surface area contributed by atoms with Gasteiger partial charge in [0.15, 0.2) is 0 Å². The van der Waals surface area contributed by atoms with Gasteiger partial charge in [0.2, 0.25) is 0 Å². The lowest BCUT2D eigenvalue weighted by molar-refractivity contribution is 0.0515. The van der Waals surface area contributed by atoms with Gasteiger partial charge in [-0.05, 0) is 51.5 Å². The smallest absolute Gasteiger partial charge is 0.407 e. The Morgan fingerprint density at radius 1 is 1.33 bits per heavy atom. The van der Waals surface area contributed by atoms with Crippen LogP contribution in [0.4, 0.5) is 4.79 Å². The highest BCUT2D eigenvalue weighted by molar-refractivity contribution is 6.30. The van der Waals surface area contributed by atoms with Crippen molar-refractivity contribution in [2.75, 3.05) is 6.54 Å². The number of nitrogens with one attached hydrogen (secondary N) is 1. The molecule has 1 amide bonds. The van der Waals surface area contributed by atoms with Crippen LogP contribution in [-0.4, -0.2) is 23.3 Å². The van der Waals surface area contributed by atoms with Gasteiger partial charge in [-0.25, -0.2) is 4.79 Å². The van der Waals surface area contributed by atoms with Gasteiger partial charge in [0, 0.05) is 17.1 Å². The van der Waals surface area contributed by atoms with E-state index in [1.807, 2.05) is 12.1 Å². The fourth-order valence-corrected chi connectivity index (χ4v) is 2.29. The maximum atomic E-state index is 11.5. The Hall–Kier alpha value is -1.98. The van der Waals surface area contributed by atoms with E-state index in [4.69, 9.17) is 20.8 Å². The summed E-state index contributed by atoms with van der Waals surface area (Å²) in [5, 5.41) is 13.4. The van der Waals surface area contributed by atoms with Crippen molar-refractivity contribution in [3.63, 3.8) is 0 Å². The zero-order valence-electron chi connectivity index (χ0n) is 14.0. The van der Waals surface area contributed by atoms with Gasteiger partial charge in [0.1, 0.15) is 23.2 Å². The number of benzene rings is 1. The quantitative estimate of drug-likeness (QED) is 0.829. The number of alkyl carbamates (subject to hydrolysis) is 1. The van der Waals surface area contributed by atoms with Crippen LogP contribution in [-0.2, 0) is 4.74 Å². The second-order valence-corrected chi connectivity index (χ2v) is 6.88. The second-order valence-electron chi connectivity index (χ2n) is 6.45. The molecular formula is C18H22ClNO4. The number of aliphatic hydroxyl groups is 1. The standard InChI is InChI=1S/C18H22ClNO4/c1-18(2,3)24-17(22)20-10-9-14(21)16-8-7-15(23-16)12-5-4-6-13(19)11-12/h4-8,11,14,21H,9-10H2,1-3H3,(H,20,22)/t14-/m0/s1. The minimum Gasteiger partial charge on any atom is -0.458 e. The molecule has 1 atom stereocenters. The third kappa shape index (κ3) is 5.58. The van der Waals surface area contributed by atoms with Gasteiger partial charge < -0.3 is 19.6 Å². The first kappa shape index (κ1) is 18.4. The Kier molecular flexibility index (Phi) is 5.91. The molecule has 0 saturated carbocycles. The van der Waals surface area contributed by atoms with E-state index in [0.29, 0.717) is 23.0 Å². The van der Waals surface area contributed by atoms with Crippen LogP contribution in [0.1, 0.15) is 39.1 Å². The molecule has 0 aliphatic rings. The average Bonchev–Trinajstić information content (AvgIpc) is 2.95. The van der Waals surface area contributed by atoms with Gasteiger partial charge >= 0.3 is 6.09 Å². The van der Waals surface area contributed by atoms with Gasteiger partial charge in [0.25, 0.3) is 0 Å². The Morgan fingerprint density at radius 3 is 2.75 bits per heavy atom. The van der Waals surface area contributed by atoms with Crippen LogP contribution in [0.15, 0.2) is 40.8 Å². The zero-order valence-corrected chi connectivity index (χ0v) is 14.8. The minimum atomic E-state index is -0.812. The molecule has 0 aliphatic heterocycles. The van der Waals surface area contributed by atoms with Gasteiger partial charge in [-0.15, -0.1) is 0 Å². The van der Waals surface area contributed by atoms with E-state index in [0.717, 1.165) is 5.56 Å². The topological polar surface area (TPSA) is 71.7 Å². The van der Waals surface area contributed by atoms with Gasteiger partial charge in [-0.1, -0.05) is 23.7 Å². The van der Waals surface area contributed by atoms with Crippen molar-refractivity contribution >= 4 is 17.7 Å². The van der Waals surface area contributed by atoms with Crippen LogP contribution in [0.25, 0.3) is 11.3 Å². The Morgan fingerprint density at radius 2 is 2.08 bits per heavy atom. The number of rotatable bonds is 5. The summed E-state index contributed by atoms with van der Waals surface area (Å²) in [5.41, 5.74) is 0.295. The summed E-state index contributed by atoms with van der Waals surface area (Å²) >= 11 is 5.96. The zero-order chi connectivity index (χ0) is 17.7. The van der Waals surface area contributed by atoms with E-state index in [1.165, 1.54) is 0 Å². The summed E-state index contributed by atoms with van der Waals surface area (Å²) in [6.45, 7) is 5.66. The molecule has 130 valence electrons. The number of amides is 1. The molecular weight excluding hydrogens is 330 g/mol. The Labute approximate surface area is 146 Å². The fraction of sp³-hybridized carbons (Fsp3) is 0.389. The third-order valence-electron chi connectivity index (χ3n) is 3.15. The molecule has 0 saturated heterocycles. The average molecular weight is 352 g/mol. The SMILES string of the molecule is CC(C)(C)OC(=O)NCC[C@H](O)c1ccc(-c2cccc(Cl)c2)o1. The summed E-state index contributed by atoms with van der Waals surface area (Å²) in [6, 6.07) is 10.8. The third-order valence-corrected chi connectivity index (χ3v) is 3.39. The molecule has 5 nitrogen and oxygen atoms in total. The largest absolute Gasteiger partial charge is 0.458 e. The van der Waals surface area contributed by atoms with Crippen molar-refractivity contribution < 1.29 is 19.1 Å². The summed E-state index contributed by atoms with van der Waals surface area (Å²) in [5.74, 6) is 1.07. The summed E-state index contributed by atoms with van der Waals surface area (Å²) in [7, 11) is 0. The lowest BCUT2D eigenvalue weighted by Gasteiger charge is -2.19. The predicted octanol–water partition coefficient (Wildman–Crippen LogP) is 4.55. The van der Waals surface area contributed by atoms with Crippen LogP contribution >= 0.6 is 11.6 Å². The van der Waals surface area contributed by atoms with E-state index in [9.17, 15) is 9.90 Å². The van der Waals surface area contributed by atoms with Gasteiger partial charge in [-0.3, -0.25) is 0 Å². The minimum absolute atomic E-state index is 0.281. The molecule has 1 aromatic heterocycles. The highest BCUT2D eigenvalue weighted by Crippen LogP contribution is 2.28. The van der Waals surface area contributed by atoms with Gasteiger partial charge in [0.05, 0.1) is 0 Å². The number of carbonyl (C=O) groups excluding carboxylic acids is 1. The lowest BCUT2D eigenvalue weighted by Crippen LogP contribution is -2.33. The Balaban J connectivity index is 1.87. The van der Waals surface area contributed by atoms with E-state index < -0.39 is 17.8 Å². The number of ether oxygens (including phenoxy) is 1. The molecule has 2 rings (SSSR count). The van der Waals surface area contributed by atoms with Crippen LogP contribution in [0, 0.1) is 0 Å². The fourth-order valence-electron chi connectivity index (χ4n) is 2.10. The number of hydrogen-bond donors (Lipinski definition) is 2. The Bertz CT molecular complexity index is 690. The molecule has 2 aromatic rings. The summed E-state index contributed by atoms with van der Waals surface area (Å²) in [6.07, 6.45) is -0.997. The highest BCUT2D eigenvalue weighted by atomic mass is 35.5. The van der Waals surface area contributed by atoms with Crippen LogP contribution in [0.2, 0.25) is 5.02 Å². The molecule has 2 N–H and O–H groups in total. The first-order chi connectivity index (χ1) is 11.2. The van der Waals surface area contributed by atoms with Crippen molar-refractivity contribution in [2.45, 2.75) is 38.9 Å². The van der Waals surface area contributed by atoms with Gasteiger partial charge in [-0.2, -0.15) is 0 Å². The first-order valence-corrected chi connectivity index (χ1v) is 8.13. The molecule has 0 bridgehead atoms. The molecule has 0 aliphatic carbocycles. The molecule has 0 unspecified atom stereocenters. The molecule has 6 heteroatoms. The highest BCUT2D eigenvalue weighted by Gasteiger charge is 2.17. The number of furan rings is 1. The number of hydrogen-bond acceptors (Lipinski definition) is 4. The second kappa shape index (κ2) is 7.73.